The molecule has 0 aliphatic rings. The van der Waals surface area contributed by atoms with Gasteiger partial charge in [-0.15, -0.1) is 11.6 Å². The van der Waals surface area contributed by atoms with Crippen LogP contribution in [0.3, 0.4) is 0 Å². The van der Waals surface area contributed by atoms with Crippen LogP contribution in [0.15, 0.2) is 18.3 Å². The fraction of sp³-hybridized carbons (Fsp3) is 0.538. The SMILES string of the molecule is CCC(C)Cn1c(CCCl)nc2cccnc21. The minimum Gasteiger partial charge on any atom is -0.312 e. The molecule has 2 heterocycles. The molecule has 0 aliphatic heterocycles. The summed E-state index contributed by atoms with van der Waals surface area (Å²) in [6, 6.07) is 3.93. The number of alkyl halides is 1. The van der Waals surface area contributed by atoms with E-state index in [4.69, 9.17) is 11.6 Å². The molecular formula is C13H18ClN3. The van der Waals surface area contributed by atoms with Crippen molar-refractivity contribution in [2.75, 3.05) is 5.88 Å². The van der Waals surface area contributed by atoms with Gasteiger partial charge in [0.15, 0.2) is 5.65 Å². The summed E-state index contributed by atoms with van der Waals surface area (Å²) in [7, 11) is 0. The molecule has 0 saturated heterocycles. The summed E-state index contributed by atoms with van der Waals surface area (Å²) in [6.45, 7) is 5.42. The highest BCUT2D eigenvalue weighted by Crippen LogP contribution is 2.17. The standard InChI is InChI=1S/C13H18ClN3/c1-3-10(2)9-17-12(6-7-14)16-11-5-4-8-15-13(11)17/h4-5,8,10H,3,6-7,9H2,1-2H3. The van der Waals surface area contributed by atoms with E-state index in [1.54, 1.807) is 0 Å². The predicted octanol–water partition coefficient (Wildman–Crippen LogP) is 3.26. The second kappa shape index (κ2) is 5.50. The molecule has 0 radical (unpaired) electrons. The van der Waals surface area contributed by atoms with Gasteiger partial charge >= 0.3 is 0 Å². The largest absolute Gasteiger partial charge is 0.312 e. The van der Waals surface area contributed by atoms with Gasteiger partial charge in [-0.3, -0.25) is 0 Å². The van der Waals surface area contributed by atoms with Gasteiger partial charge in [0.25, 0.3) is 0 Å². The van der Waals surface area contributed by atoms with Crippen LogP contribution in [0.5, 0.6) is 0 Å². The average Bonchev–Trinajstić information content (AvgIpc) is 2.68. The topological polar surface area (TPSA) is 30.7 Å². The molecule has 1 unspecified atom stereocenters. The summed E-state index contributed by atoms with van der Waals surface area (Å²) in [5.41, 5.74) is 1.95. The van der Waals surface area contributed by atoms with Crippen molar-refractivity contribution in [2.24, 2.45) is 5.92 Å². The molecule has 17 heavy (non-hydrogen) atoms. The molecule has 3 nitrogen and oxygen atoms in total. The Labute approximate surface area is 107 Å². The van der Waals surface area contributed by atoms with Crippen LogP contribution in [0.25, 0.3) is 11.2 Å². The van der Waals surface area contributed by atoms with Crippen molar-refractivity contribution >= 4 is 22.8 Å². The molecule has 0 saturated carbocycles. The molecule has 0 spiro atoms. The molecule has 0 fully saturated rings. The van der Waals surface area contributed by atoms with E-state index < -0.39 is 0 Å². The fourth-order valence-corrected chi connectivity index (χ4v) is 2.08. The minimum atomic E-state index is 0.601. The number of pyridine rings is 1. The number of imidazole rings is 1. The number of hydrogen-bond donors (Lipinski definition) is 0. The monoisotopic (exact) mass is 251 g/mol. The molecule has 1 atom stereocenters. The Morgan fingerprint density at radius 3 is 3.00 bits per heavy atom. The van der Waals surface area contributed by atoms with Crippen LogP contribution in [0.2, 0.25) is 0 Å². The molecule has 2 aromatic rings. The van der Waals surface area contributed by atoms with E-state index in [9.17, 15) is 0 Å². The van der Waals surface area contributed by atoms with Crippen LogP contribution in [0.1, 0.15) is 26.1 Å². The highest BCUT2D eigenvalue weighted by molar-refractivity contribution is 6.17. The summed E-state index contributed by atoms with van der Waals surface area (Å²) in [5, 5.41) is 0. The second-order valence-corrected chi connectivity index (χ2v) is 4.82. The zero-order valence-electron chi connectivity index (χ0n) is 10.4. The Balaban J connectivity index is 2.44. The van der Waals surface area contributed by atoms with Crippen LogP contribution >= 0.6 is 11.6 Å². The average molecular weight is 252 g/mol. The van der Waals surface area contributed by atoms with Gasteiger partial charge in [0.1, 0.15) is 11.3 Å². The van der Waals surface area contributed by atoms with Crippen molar-refractivity contribution in [2.45, 2.75) is 33.2 Å². The zero-order valence-corrected chi connectivity index (χ0v) is 11.1. The Morgan fingerprint density at radius 2 is 2.29 bits per heavy atom. The Bertz CT molecular complexity index is 492. The van der Waals surface area contributed by atoms with E-state index in [0.717, 1.165) is 36.4 Å². The molecule has 0 aliphatic carbocycles. The number of nitrogens with zero attached hydrogens (tertiary/aromatic N) is 3. The van der Waals surface area contributed by atoms with Crippen molar-refractivity contribution < 1.29 is 0 Å². The maximum Gasteiger partial charge on any atom is 0.159 e. The molecule has 0 N–H and O–H groups in total. The first kappa shape index (κ1) is 12.4. The van der Waals surface area contributed by atoms with Crippen molar-refractivity contribution in [3.63, 3.8) is 0 Å². The molecule has 2 rings (SSSR count). The first-order valence-electron chi connectivity index (χ1n) is 6.12. The fourth-order valence-electron chi connectivity index (χ4n) is 1.91. The lowest BCUT2D eigenvalue weighted by molar-refractivity contribution is 0.465. The molecule has 0 amide bonds. The smallest absolute Gasteiger partial charge is 0.159 e. The molecule has 92 valence electrons. The van der Waals surface area contributed by atoms with Crippen LogP contribution < -0.4 is 0 Å². The van der Waals surface area contributed by atoms with Crippen molar-refractivity contribution in [1.29, 1.82) is 0 Å². The Kier molecular flexibility index (Phi) is 4.00. The van der Waals surface area contributed by atoms with Gasteiger partial charge in [0.05, 0.1) is 0 Å². The predicted molar refractivity (Wildman–Crippen MR) is 71.4 cm³/mol. The lowest BCUT2D eigenvalue weighted by atomic mass is 10.1. The summed E-state index contributed by atoms with van der Waals surface area (Å²) in [5.74, 6) is 2.28. The van der Waals surface area contributed by atoms with Crippen LogP contribution in [0, 0.1) is 5.92 Å². The van der Waals surface area contributed by atoms with E-state index in [1.165, 1.54) is 0 Å². The summed E-state index contributed by atoms with van der Waals surface area (Å²) >= 11 is 5.83. The second-order valence-electron chi connectivity index (χ2n) is 4.44. The zero-order chi connectivity index (χ0) is 12.3. The van der Waals surface area contributed by atoms with Crippen molar-refractivity contribution in [3.8, 4) is 0 Å². The van der Waals surface area contributed by atoms with E-state index in [1.807, 2.05) is 18.3 Å². The third kappa shape index (κ3) is 2.60. The van der Waals surface area contributed by atoms with Gasteiger partial charge in [0, 0.05) is 25.0 Å². The number of aromatic nitrogens is 3. The number of rotatable bonds is 5. The molecule has 0 aromatic carbocycles. The van der Waals surface area contributed by atoms with Gasteiger partial charge in [-0.05, 0) is 18.1 Å². The third-order valence-corrected chi connectivity index (χ3v) is 3.28. The number of halogens is 1. The number of hydrogen-bond acceptors (Lipinski definition) is 2. The van der Waals surface area contributed by atoms with Crippen LogP contribution in [-0.4, -0.2) is 20.4 Å². The van der Waals surface area contributed by atoms with Crippen LogP contribution in [0.4, 0.5) is 0 Å². The maximum absolute atomic E-state index is 5.83. The summed E-state index contributed by atoms with van der Waals surface area (Å²) in [6.07, 6.45) is 3.78. The first-order valence-corrected chi connectivity index (χ1v) is 6.65. The summed E-state index contributed by atoms with van der Waals surface area (Å²) < 4.78 is 2.21. The molecular weight excluding hydrogens is 234 g/mol. The van der Waals surface area contributed by atoms with E-state index in [2.05, 4.69) is 28.4 Å². The Morgan fingerprint density at radius 1 is 1.47 bits per heavy atom. The van der Waals surface area contributed by atoms with E-state index in [-0.39, 0.29) is 0 Å². The first-order chi connectivity index (χ1) is 8.26. The highest BCUT2D eigenvalue weighted by atomic mass is 35.5. The van der Waals surface area contributed by atoms with Gasteiger partial charge in [-0.2, -0.15) is 0 Å². The Hall–Kier alpha value is -1.09. The van der Waals surface area contributed by atoms with Gasteiger partial charge < -0.3 is 4.57 Å². The molecule has 4 heteroatoms. The lowest BCUT2D eigenvalue weighted by Crippen LogP contribution is -2.11. The number of aryl methyl sites for hydroxylation is 1. The maximum atomic E-state index is 5.83. The normalized spacial score (nSPS) is 13.1. The molecule has 2 aromatic heterocycles. The molecule has 0 bridgehead atoms. The van der Waals surface area contributed by atoms with Crippen molar-refractivity contribution in [3.05, 3.63) is 24.2 Å². The van der Waals surface area contributed by atoms with E-state index >= 15 is 0 Å². The van der Waals surface area contributed by atoms with Crippen LogP contribution in [-0.2, 0) is 13.0 Å². The quantitative estimate of drug-likeness (QED) is 0.764. The van der Waals surface area contributed by atoms with Gasteiger partial charge in [-0.25, -0.2) is 9.97 Å². The third-order valence-electron chi connectivity index (χ3n) is 3.09. The highest BCUT2D eigenvalue weighted by Gasteiger charge is 2.12. The van der Waals surface area contributed by atoms with Gasteiger partial charge in [-0.1, -0.05) is 20.3 Å². The van der Waals surface area contributed by atoms with E-state index in [0.29, 0.717) is 11.8 Å². The lowest BCUT2D eigenvalue weighted by Gasteiger charge is -2.12. The van der Waals surface area contributed by atoms with Crippen molar-refractivity contribution in [1.82, 2.24) is 14.5 Å². The minimum absolute atomic E-state index is 0.601. The number of fused-ring (bicyclic) bond motifs is 1. The van der Waals surface area contributed by atoms with Gasteiger partial charge in [0.2, 0.25) is 0 Å². The summed E-state index contributed by atoms with van der Waals surface area (Å²) in [4.78, 5) is 9.03.